The Balaban J connectivity index is 1.54. The molecule has 0 bridgehead atoms. The van der Waals surface area contributed by atoms with Crippen LogP contribution in [-0.4, -0.2) is 30.4 Å². The largest absolute Gasteiger partial charge is 0.481 e. The Morgan fingerprint density at radius 1 is 1.00 bits per heavy atom. The summed E-state index contributed by atoms with van der Waals surface area (Å²) >= 11 is 12.9. The fourth-order valence-electron chi connectivity index (χ4n) is 3.94. The van der Waals surface area contributed by atoms with Crippen molar-refractivity contribution in [2.75, 3.05) is 16.8 Å². The molecule has 1 fully saturated rings. The molecule has 39 heavy (non-hydrogen) atoms. The molecule has 3 aromatic rings. The smallest absolute Gasteiger partial charge is 0.335 e. The Kier molecular flexibility index (Phi) is 8.58. The minimum atomic E-state index is -0.863. The number of hydrogen-bond donors (Lipinski definition) is 2. The summed E-state index contributed by atoms with van der Waals surface area (Å²) in [5.74, 6) is -1.59. The van der Waals surface area contributed by atoms with Gasteiger partial charge in [-0.05, 0) is 106 Å². The Hall–Kier alpha value is -3.47. The molecule has 8 nitrogen and oxygen atoms in total. The predicted molar refractivity (Wildman–Crippen MR) is 157 cm³/mol. The summed E-state index contributed by atoms with van der Waals surface area (Å²) < 4.78 is 6.68. The topological polar surface area (TPSA) is 105 Å². The molecule has 0 aliphatic carbocycles. The van der Waals surface area contributed by atoms with Gasteiger partial charge in [0.1, 0.15) is 11.3 Å². The quantitative estimate of drug-likeness (QED) is 0.230. The fourth-order valence-corrected chi connectivity index (χ4v) is 5.56. The molecule has 11 heteroatoms. The molecule has 2 N–H and O–H groups in total. The van der Waals surface area contributed by atoms with E-state index in [1.165, 1.54) is 12.1 Å². The number of amides is 5. The highest BCUT2D eigenvalue weighted by Gasteiger charge is 2.37. The maximum Gasteiger partial charge on any atom is 0.335 e. The number of benzene rings is 3. The second-order valence-electron chi connectivity index (χ2n) is 8.86. The molecule has 200 valence electrons. The Morgan fingerprint density at radius 3 is 2.36 bits per heavy atom. The van der Waals surface area contributed by atoms with Crippen LogP contribution in [0.3, 0.4) is 0 Å². The summed E-state index contributed by atoms with van der Waals surface area (Å²) in [4.78, 5) is 51.7. The molecule has 1 aliphatic rings. The lowest BCUT2D eigenvalue weighted by Crippen LogP contribution is -2.54. The standard InChI is InChI=1S/C28H22Br2ClN3O5/c1-14-4-7-22(16(3)8-14)32-24(35)13-39-25-20(29)10-17(11-21(25)30)9-19-26(36)33-28(38)34(27(19)37)23-12-18(31)6-5-15(23)2/h4-12H,13H2,1-3H3,(H,32,35)(H,33,36,38)/b19-9+. The van der Waals surface area contributed by atoms with E-state index in [4.69, 9.17) is 16.3 Å². The van der Waals surface area contributed by atoms with Crippen molar-refractivity contribution < 1.29 is 23.9 Å². The van der Waals surface area contributed by atoms with Crippen molar-refractivity contribution in [1.29, 1.82) is 0 Å². The van der Waals surface area contributed by atoms with Gasteiger partial charge >= 0.3 is 6.03 Å². The third kappa shape index (κ3) is 6.41. The maximum atomic E-state index is 13.3. The zero-order valence-corrected chi connectivity index (χ0v) is 25.0. The van der Waals surface area contributed by atoms with Crippen LogP contribution in [0.5, 0.6) is 5.75 Å². The number of halogens is 3. The van der Waals surface area contributed by atoms with E-state index in [0.29, 0.717) is 36.5 Å². The number of ether oxygens (including phenoxy) is 1. The first-order chi connectivity index (χ1) is 18.4. The van der Waals surface area contributed by atoms with Gasteiger partial charge in [0.2, 0.25) is 0 Å². The summed E-state index contributed by atoms with van der Waals surface area (Å²) in [7, 11) is 0. The number of barbiturate groups is 1. The maximum absolute atomic E-state index is 13.3. The average molecular weight is 676 g/mol. The number of nitrogens with one attached hydrogen (secondary N) is 2. The van der Waals surface area contributed by atoms with E-state index in [2.05, 4.69) is 42.5 Å². The number of hydrogen-bond acceptors (Lipinski definition) is 5. The molecule has 1 aliphatic heterocycles. The van der Waals surface area contributed by atoms with Crippen molar-refractivity contribution in [2.24, 2.45) is 0 Å². The SMILES string of the molecule is Cc1ccc(NC(=O)COc2c(Br)cc(/C=C3\C(=O)NC(=O)N(c4cc(Cl)ccc4C)C3=O)cc2Br)c(C)c1. The van der Waals surface area contributed by atoms with Crippen LogP contribution in [0.15, 0.2) is 63.0 Å². The van der Waals surface area contributed by atoms with Crippen LogP contribution >= 0.6 is 43.5 Å². The van der Waals surface area contributed by atoms with Crippen molar-refractivity contribution in [3.8, 4) is 5.75 Å². The molecule has 0 spiro atoms. The first-order valence-corrected chi connectivity index (χ1v) is 13.6. The molecule has 5 amide bonds. The average Bonchev–Trinajstić information content (AvgIpc) is 2.85. The van der Waals surface area contributed by atoms with Crippen LogP contribution in [0, 0.1) is 20.8 Å². The summed E-state index contributed by atoms with van der Waals surface area (Å²) in [5, 5.41) is 5.36. The molecule has 4 rings (SSSR count). The van der Waals surface area contributed by atoms with Gasteiger partial charge in [0, 0.05) is 10.7 Å². The number of rotatable bonds is 6. The highest BCUT2D eigenvalue weighted by atomic mass is 79.9. The summed E-state index contributed by atoms with van der Waals surface area (Å²) in [6.45, 7) is 5.36. The number of carbonyl (C=O) groups is 4. The summed E-state index contributed by atoms with van der Waals surface area (Å²) in [5.41, 5.74) is 3.86. The van der Waals surface area contributed by atoms with Gasteiger partial charge in [0.15, 0.2) is 6.61 Å². The van der Waals surface area contributed by atoms with Gasteiger partial charge in [-0.25, -0.2) is 9.69 Å². The predicted octanol–water partition coefficient (Wildman–Crippen LogP) is 6.47. The lowest BCUT2D eigenvalue weighted by Gasteiger charge is -2.27. The number of aryl methyl sites for hydroxylation is 3. The molecule has 0 atom stereocenters. The Labute approximate surface area is 246 Å². The van der Waals surface area contributed by atoms with E-state index in [1.54, 1.807) is 31.2 Å². The van der Waals surface area contributed by atoms with Gasteiger partial charge in [-0.1, -0.05) is 35.4 Å². The number of nitrogens with zero attached hydrogens (tertiary/aromatic N) is 1. The van der Waals surface area contributed by atoms with Gasteiger partial charge in [-0.2, -0.15) is 0 Å². The van der Waals surface area contributed by atoms with Crippen molar-refractivity contribution in [3.63, 3.8) is 0 Å². The minimum absolute atomic E-state index is 0.241. The van der Waals surface area contributed by atoms with Crippen LogP contribution in [0.4, 0.5) is 16.2 Å². The first-order valence-electron chi connectivity index (χ1n) is 11.6. The van der Waals surface area contributed by atoms with Gasteiger partial charge in [0.05, 0.1) is 14.6 Å². The number of carbonyl (C=O) groups excluding carboxylic acids is 4. The van der Waals surface area contributed by atoms with E-state index >= 15 is 0 Å². The van der Waals surface area contributed by atoms with Gasteiger partial charge in [0.25, 0.3) is 17.7 Å². The van der Waals surface area contributed by atoms with E-state index in [9.17, 15) is 19.2 Å². The molecule has 1 heterocycles. The normalized spacial score (nSPS) is 14.5. The monoisotopic (exact) mass is 673 g/mol. The Bertz CT molecular complexity index is 1550. The fraction of sp³-hybridized carbons (Fsp3) is 0.143. The third-order valence-corrected chi connectivity index (χ3v) is 7.26. The van der Waals surface area contributed by atoms with Crippen molar-refractivity contribution >= 4 is 84.7 Å². The zero-order chi connectivity index (χ0) is 28.4. The minimum Gasteiger partial charge on any atom is -0.481 e. The Morgan fingerprint density at radius 2 is 1.69 bits per heavy atom. The number of anilines is 2. The molecular weight excluding hydrogens is 654 g/mol. The summed E-state index contributed by atoms with van der Waals surface area (Å²) in [6, 6.07) is 12.9. The number of imide groups is 2. The van der Waals surface area contributed by atoms with Crippen LogP contribution < -0.4 is 20.3 Å². The second kappa shape index (κ2) is 11.7. The lowest BCUT2D eigenvalue weighted by molar-refractivity contribution is -0.122. The van der Waals surface area contributed by atoms with Gasteiger partial charge in [-0.3, -0.25) is 19.7 Å². The zero-order valence-electron chi connectivity index (χ0n) is 21.0. The molecule has 0 saturated carbocycles. The first kappa shape index (κ1) is 28.5. The van der Waals surface area contributed by atoms with E-state index in [1.807, 2.05) is 32.0 Å². The number of urea groups is 1. The highest BCUT2D eigenvalue weighted by molar-refractivity contribution is 9.11. The lowest BCUT2D eigenvalue weighted by atomic mass is 10.1. The molecule has 3 aromatic carbocycles. The molecule has 0 unspecified atom stereocenters. The third-order valence-electron chi connectivity index (χ3n) is 5.85. The van der Waals surface area contributed by atoms with Crippen molar-refractivity contribution in [2.45, 2.75) is 20.8 Å². The van der Waals surface area contributed by atoms with E-state index < -0.39 is 17.8 Å². The molecule has 0 radical (unpaired) electrons. The summed E-state index contributed by atoms with van der Waals surface area (Å²) in [6.07, 6.45) is 1.36. The molecule has 0 aromatic heterocycles. The molecular formula is C28H22Br2ClN3O5. The van der Waals surface area contributed by atoms with Crippen LogP contribution in [-0.2, 0) is 14.4 Å². The molecule has 1 saturated heterocycles. The van der Waals surface area contributed by atoms with Crippen molar-refractivity contribution in [3.05, 3.63) is 90.3 Å². The second-order valence-corrected chi connectivity index (χ2v) is 11.0. The van der Waals surface area contributed by atoms with Crippen LogP contribution in [0.1, 0.15) is 22.3 Å². The van der Waals surface area contributed by atoms with E-state index in [-0.39, 0.29) is 23.8 Å². The van der Waals surface area contributed by atoms with Crippen molar-refractivity contribution in [1.82, 2.24) is 5.32 Å². The van der Waals surface area contributed by atoms with Crippen LogP contribution in [0.2, 0.25) is 5.02 Å². The van der Waals surface area contributed by atoms with Crippen LogP contribution in [0.25, 0.3) is 6.08 Å². The van der Waals surface area contributed by atoms with Gasteiger partial charge in [-0.15, -0.1) is 0 Å². The van der Waals surface area contributed by atoms with E-state index in [0.717, 1.165) is 16.0 Å². The van der Waals surface area contributed by atoms with Gasteiger partial charge < -0.3 is 10.1 Å². The highest BCUT2D eigenvalue weighted by Crippen LogP contribution is 2.36.